The van der Waals surface area contributed by atoms with Gasteiger partial charge in [0.2, 0.25) is 0 Å². The Kier molecular flexibility index (Phi) is 6.69. The van der Waals surface area contributed by atoms with Crippen molar-refractivity contribution in [1.82, 2.24) is 0 Å². The van der Waals surface area contributed by atoms with Crippen LogP contribution in [0.1, 0.15) is 35.3 Å². The van der Waals surface area contributed by atoms with E-state index in [1.54, 1.807) is 0 Å². The zero-order valence-corrected chi connectivity index (χ0v) is 16.2. The van der Waals surface area contributed by atoms with E-state index in [1.165, 1.54) is 0 Å². The molecule has 0 radical (unpaired) electrons. The molecule has 28 heavy (non-hydrogen) atoms. The Morgan fingerprint density at radius 1 is 1.07 bits per heavy atom. The number of ether oxygens (including phenoxy) is 2. The lowest BCUT2D eigenvalue weighted by Gasteiger charge is -2.19. The highest BCUT2D eigenvalue weighted by atomic mass is 16.6. The first-order chi connectivity index (χ1) is 13.4. The molecule has 5 atom stereocenters. The molecule has 0 spiro atoms. The van der Waals surface area contributed by atoms with Crippen LogP contribution in [0.5, 0.6) is 5.75 Å². The van der Waals surface area contributed by atoms with E-state index in [2.05, 4.69) is 0 Å². The molecular weight excluding hydrogens is 360 g/mol. The van der Waals surface area contributed by atoms with E-state index >= 15 is 0 Å². The fraction of sp³-hybridized carbons (Fsp3) is 0.455. The summed E-state index contributed by atoms with van der Waals surface area (Å²) in [6.45, 7) is 4.05. The molecule has 1 aliphatic heterocycles. The highest BCUT2D eigenvalue weighted by Crippen LogP contribution is 2.36. The van der Waals surface area contributed by atoms with E-state index in [0.717, 1.165) is 28.0 Å². The number of hydrogen-bond acceptors (Lipinski definition) is 6. The molecule has 0 amide bonds. The van der Waals surface area contributed by atoms with Crippen molar-refractivity contribution in [2.45, 2.75) is 50.8 Å². The van der Waals surface area contributed by atoms with Gasteiger partial charge < -0.3 is 29.9 Å². The lowest BCUT2D eigenvalue weighted by atomic mass is 9.94. The van der Waals surface area contributed by atoms with Crippen LogP contribution in [0.2, 0.25) is 0 Å². The molecule has 2 aromatic carbocycles. The summed E-state index contributed by atoms with van der Waals surface area (Å²) in [6.07, 6.45) is -4.76. The third kappa shape index (κ3) is 4.37. The third-order valence-corrected chi connectivity index (χ3v) is 5.20. The number of benzene rings is 2. The summed E-state index contributed by atoms with van der Waals surface area (Å²) in [5, 5.41) is 39.5. The molecule has 6 nitrogen and oxygen atoms in total. The van der Waals surface area contributed by atoms with E-state index in [-0.39, 0.29) is 0 Å². The van der Waals surface area contributed by atoms with E-state index in [9.17, 15) is 15.3 Å². The summed E-state index contributed by atoms with van der Waals surface area (Å²) in [5.74, 6) is 0.835. The maximum absolute atomic E-state index is 10.4. The standard InChI is InChI=1S/C22H28O6/c1-3-27-17-8-5-14(6-9-17)10-16-11-15(7-4-13(16)2)21-19(25)20(26)22(28-21)18(24)12-23/h4-9,11,18-26H,3,10,12H2,1-2H3/t18-,19-,20-,21+,22-/m1/s1. The van der Waals surface area contributed by atoms with Crippen molar-refractivity contribution < 1.29 is 29.9 Å². The SMILES string of the molecule is CCOc1ccc(Cc2cc([C@@H]3O[C@H]([C@H](O)CO)[C@H](O)[C@H]3O)ccc2C)cc1. The largest absolute Gasteiger partial charge is 0.494 e. The summed E-state index contributed by atoms with van der Waals surface area (Å²) in [5.41, 5.74) is 4.05. The summed E-state index contributed by atoms with van der Waals surface area (Å²) in [4.78, 5) is 0. The molecule has 152 valence electrons. The second-order valence-corrected chi connectivity index (χ2v) is 7.19. The molecular formula is C22H28O6. The van der Waals surface area contributed by atoms with E-state index in [4.69, 9.17) is 14.6 Å². The van der Waals surface area contributed by atoms with E-state index < -0.39 is 37.1 Å². The Morgan fingerprint density at radius 2 is 1.79 bits per heavy atom. The number of aryl methyl sites for hydroxylation is 1. The minimum Gasteiger partial charge on any atom is -0.494 e. The first-order valence-corrected chi connectivity index (χ1v) is 9.56. The quantitative estimate of drug-likeness (QED) is 0.574. The zero-order chi connectivity index (χ0) is 20.3. The van der Waals surface area contributed by atoms with Gasteiger partial charge in [0, 0.05) is 0 Å². The lowest BCUT2D eigenvalue weighted by Crippen LogP contribution is -2.40. The maximum atomic E-state index is 10.4. The molecule has 2 aromatic rings. The Labute approximate surface area is 165 Å². The number of hydrogen-bond donors (Lipinski definition) is 4. The van der Waals surface area contributed by atoms with Gasteiger partial charge in [-0.25, -0.2) is 0 Å². The average Bonchev–Trinajstić information content (AvgIpc) is 3.00. The summed E-state index contributed by atoms with van der Waals surface area (Å²) >= 11 is 0. The van der Waals surface area contributed by atoms with Crippen molar-refractivity contribution in [3.63, 3.8) is 0 Å². The van der Waals surface area contributed by atoms with Crippen LogP contribution in [0.15, 0.2) is 42.5 Å². The normalized spacial score (nSPS) is 25.6. The van der Waals surface area contributed by atoms with Gasteiger partial charge in [-0.1, -0.05) is 30.3 Å². The molecule has 0 unspecified atom stereocenters. The van der Waals surface area contributed by atoms with Gasteiger partial charge in [-0.2, -0.15) is 0 Å². The monoisotopic (exact) mass is 388 g/mol. The van der Waals surface area contributed by atoms with E-state index in [0.29, 0.717) is 13.0 Å². The average molecular weight is 388 g/mol. The van der Waals surface area contributed by atoms with Crippen molar-refractivity contribution in [2.24, 2.45) is 0 Å². The van der Waals surface area contributed by atoms with Crippen LogP contribution in [0.3, 0.4) is 0 Å². The number of aliphatic hydroxyl groups is 4. The predicted molar refractivity (Wildman–Crippen MR) is 104 cm³/mol. The second kappa shape index (κ2) is 9.03. The molecule has 3 rings (SSSR count). The Balaban J connectivity index is 1.79. The molecule has 0 aromatic heterocycles. The fourth-order valence-electron chi connectivity index (χ4n) is 3.55. The lowest BCUT2D eigenvalue weighted by molar-refractivity contribution is -0.0820. The van der Waals surface area contributed by atoms with Gasteiger partial charge >= 0.3 is 0 Å². The second-order valence-electron chi connectivity index (χ2n) is 7.19. The highest BCUT2D eigenvalue weighted by molar-refractivity contribution is 5.38. The Bertz CT molecular complexity index is 775. The third-order valence-electron chi connectivity index (χ3n) is 5.20. The van der Waals surface area contributed by atoms with Gasteiger partial charge in [-0.15, -0.1) is 0 Å². The molecule has 0 saturated carbocycles. The number of rotatable bonds is 7. The van der Waals surface area contributed by atoms with Crippen LogP contribution in [0, 0.1) is 6.92 Å². The van der Waals surface area contributed by atoms with Crippen molar-refractivity contribution in [1.29, 1.82) is 0 Å². The van der Waals surface area contributed by atoms with Crippen LogP contribution >= 0.6 is 0 Å². The van der Waals surface area contributed by atoms with Gasteiger partial charge in [-0.3, -0.25) is 0 Å². The van der Waals surface area contributed by atoms with Crippen LogP contribution in [-0.4, -0.2) is 58.1 Å². The first-order valence-electron chi connectivity index (χ1n) is 9.56. The summed E-state index contributed by atoms with van der Waals surface area (Å²) < 4.78 is 11.2. The van der Waals surface area contributed by atoms with Crippen LogP contribution in [0.4, 0.5) is 0 Å². The molecule has 6 heteroatoms. The van der Waals surface area contributed by atoms with E-state index in [1.807, 2.05) is 56.3 Å². The predicted octanol–water partition coefficient (Wildman–Crippen LogP) is 1.50. The molecule has 1 heterocycles. The minimum absolute atomic E-state index is 0.544. The van der Waals surface area contributed by atoms with Gasteiger partial charge in [0.1, 0.15) is 36.3 Å². The van der Waals surface area contributed by atoms with Crippen molar-refractivity contribution in [3.8, 4) is 5.75 Å². The highest BCUT2D eigenvalue weighted by Gasteiger charge is 2.46. The molecule has 1 fully saturated rings. The maximum Gasteiger partial charge on any atom is 0.119 e. The summed E-state index contributed by atoms with van der Waals surface area (Å²) in [6, 6.07) is 13.7. The fourth-order valence-corrected chi connectivity index (χ4v) is 3.55. The molecule has 0 bridgehead atoms. The van der Waals surface area contributed by atoms with Crippen LogP contribution in [-0.2, 0) is 11.2 Å². The molecule has 1 aliphatic rings. The van der Waals surface area contributed by atoms with Crippen LogP contribution < -0.4 is 4.74 Å². The van der Waals surface area contributed by atoms with Crippen LogP contribution in [0.25, 0.3) is 0 Å². The smallest absolute Gasteiger partial charge is 0.119 e. The summed E-state index contributed by atoms with van der Waals surface area (Å²) in [7, 11) is 0. The first kappa shape index (κ1) is 20.8. The van der Waals surface area contributed by atoms with Gasteiger partial charge in [0.25, 0.3) is 0 Å². The van der Waals surface area contributed by atoms with Crippen molar-refractivity contribution in [3.05, 3.63) is 64.7 Å². The van der Waals surface area contributed by atoms with Gasteiger partial charge in [-0.05, 0) is 54.7 Å². The zero-order valence-electron chi connectivity index (χ0n) is 16.2. The minimum atomic E-state index is -1.26. The van der Waals surface area contributed by atoms with Gasteiger partial charge in [0.05, 0.1) is 13.2 Å². The molecule has 4 N–H and O–H groups in total. The number of aliphatic hydroxyl groups excluding tert-OH is 4. The Hall–Kier alpha value is -1.96. The topological polar surface area (TPSA) is 99.4 Å². The van der Waals surface area contributed by atoms with Gasteiger partial charge in [0.15, 0.2) is 0 Å². The molecule has 1 saturated heterocycles. The van der Waals surface area contributed by atoms with Crippen molar-refractivity contribution >= 4 is 0 Å². The molecule has 0 aliphatic carbocycles. The Morgan fingerprint density at radius 3 is 2.43 bits per heavy atom. The van der Waals surface area contributed by atoms with Crippen molar-refractivity contribution in [2.75, 3.05) is 13.2 Å².